The highest BCUT2D eigenvalue weighted by Gasteiger charge is 2.17. The van der Waals surface area contributed by atoms with E-state index >= 15 is 0 Å². The van der Waals surface area contributed by atoms with Crippen LogP contribution >= 0.6 is 23.5 Å². The fourth-order valence-corrected chi connectivity index (χ4v) is 4.89. The first-order valence-corrected chi connectivity index (χ1v) is 13.9. The Hall–Kier alpha value is -3.62. The molecule has 0 bridgehead atoms. The van der Waals surface area contributed by atoms with E-state index in [0.717, 1.165) is 21.9 Å². The minimum atomic E-state index is -0.502. The first-order valence-electron chi connectivity index (χ1n) is 11.9. The zero-order chi connectivity index (χ0) is 27.0. The van der Waals surface area contributed by atoms with Gasteiger partial charge in [-0.15, -0.1) is 23.5 Å². The lowest BCUT2D eigenvalue weighted by atomic mass is 10.3. The standard InChI is InChI=1S/C30H30O6S2/c1-3-29(31)35-25(21-37-27-14-7-5-8-15-27)19-33-23-12-11-13-24(18-23)34-20-26(36-30(32)4-2)22-38-28-16-9-6-10-17-28/h3-18,25-26H,1-2,19-22H2. The van der Waals surface area contributed by atoms with Gasteiger partial charge in [0.15, 0.2) is 0 Å². The van der Waals surface area contributed by atoms with Crippen molar-refractivity contribution < 1.29 is 28.5 Å². The second-order valence-electron chi connectivity index (χ2n) is 7.87. The van der Waals surface area contributed by atoms with Gasteiger partial charge in [0.1, 0.15) is 36.9 Å². The third-order valence-corrected chi connectivity index (χ3v) is 7.22. The molecule has 0 aromatic heterocycles. The number of carbonyl (C=O) groups is 2. The van der Waals surface area contributed by atoms with E-state index in [1.54, 1.807) is 47.8 Å². The number of rotatable bonds is 16. The first kappa shape index (κ1) is 28.9. The van der Waals surface area contributed by atoms with Crippen LogP contribution in [0.2, 0.25) is 0 Å². The molecule has 0 N–H and O–H groups in total. The minimum absolute atomic E-state index is 0.163. The molecule has 0 saturated carbocycles. The van der Waals surface area contributed by atoms with Gasteiger partial charge < -0.3 is 18.9 Å². The molecule has 3 rings (SSSR count). The van der Waals surface area contributed by atoms with Gasteiger partial charge in [-0.25, -0.2) is 9.59 Å². The lowest BCUT2D eigenvalue weighted by Gasteiger charge is -2.19. The molecule has 0 heterocycles. The summed E-state index contributed by atoms with van der Waals surface area (Å²) in [5.41, 5.74) is 0. The third kappa shape index (κ3) is 10.8. The van der Waals surface area contributed by atoms with Crippen LogP contribution in [0.25, 0.3) is 0 Å². The van der Waals surface area contributed by atoms with Crippen molar-refractivity contribution in [2.45, 2.75) is 22.0 Å². The fraction of sp³-hybridized carbons (Fsp3) is 0.200. The lowest BCUT2D eigenvalue weighted by Crippen LogP contribution is -2.27. The molecule has 6 nitrogen and oxygen atoms in total. The SMILES string of the molecule is C=CC(=O)OC(COc1cccc(OCC(CSc2ccccc2)OC(=O)C=C)c1)CSc1ccccc1. The van der Waals surface area contributed by atoms with Crippen LogP contribution in [0.5, 0.6) is 11.5 Å². The second kappa shape index (κ2) is 16.3. The van der Waals surface area contributed by atoms with Crippen LogP contribution in [-0.2, 0) is 19.1 Å². The van der Waals surface area contributed by atoms with E-state index in [1.165, 1.54) is 0 Å². The van der Waals surface area contributed by atoms with Crippen molar-refractivity contribution in [2.24, 2.45) is 0 Å². The van der Waals surface area contributed by atoms with Crippen LogP contribution in [0.15, 0.2) is 120 Å². The van der Waals surface area contributed by atoms with Gasteiger partial charge in [0.2, 0.25) is 0 Å². The van der Waals surface area contributed by atoms with Crippen molar-refractivity contribution in [2.75, 3.05) is 24.7 Å². The van der Waals surface area contributed by atoms with Crippen molar-refractivity contribution in [3.8, 4) is 11.5 Å². The predicted octanol–water partition coefficient (Wildman–Crippen LogP) is 6.22. The maximum absolute atomic E-state index is 11.8. The zero-order valence-electron chi connectivity index (χ0n) is 20.9. The van der Waals surface area contributed by atoms with Crippen molar-refractivity contribution >= 4 is 35.5 Å². The molecule has 38 heavy (non-hydrogen) atoms. The largest absolute Gasteiger partial charge is 0.490 e. The molecule has 0 spiro atoms. The monoisotopic (exact) mass is 550 g/mol. The number of benzene rings is 3. The molecule has 0 aliphatic carbocycles. The molecule has 2 atom stereocenters. The fourth-order valence-electron chi connectivity index (χ4n) is 3.10. The summed E-state index contributed by atoms with van der Waals surface area (Å²) in [6.45, 7) is 7.27. The van der Waals surface area contributed by atoms with Gasteiger partial charge in [-0.05, 0) is 36.4 Å². The number of ether oxygens (including phenoxy) is 4. The van der Waals surface area contributed by atoms with Crippen LogP contribution in [0.4, 0.5) is 0 Å². The number of thioether (sulfide) groups is 2. The molecule has 3 aromatic rings. The van der Waals surface area contributed by atoms with Gasteiger partial charge in [0, 0.05) is 39.5 Å². The highest BCUT2D eigenvalue weighted by atomic mass is 32.2. The van der Waals surface area contributed by atoms with E-state index in [-0.39, 0.29) is 13.2 Å². The molecule has 3 aromatic carbocycles. The van der Waals surface area contributed by atoms with Crippen LogP contribution in [0, 0.1) is 0 Å². The minimum Gasteiger partial charge on any atom is -0.490 e. The smallest absolute Gasteiger partial charge is 0.330 e. The molecule has 0 fully saturated rings. The van der Waals surface area contributed by atoms with Crippen LogP contribution in [0.3, 0.4) is 0 Å². The molecule has 0 radical (unpaired) electrons. The molecular formula is C30H30O6S2. The van der Waals surface area contributed by atoms with Crippen LogP contribution in [-0.4, -0.2) is 48.9 Å². The summed E-state index contributed by atoms with van der Waals surface area (Å²) >= 11 is 3.15. The first-order chi connectivity index (χ1) is 18.6. The summed E-state index contributed by atoms with van der Waals surface area (Å²) in [5, 5.41) is 0. The van der Waals surface area contributed by atoms with E-state index in [1.807, 2.05) is 60.7 Å². The van der Waals surface area contributed by atoms with Crippen LogP contribution < -0.4 is 9.47 Å². The Bertz CT molecular complexity index is 1080. The lowest BCUT2D eigenvalue weighted by molar-refractivity contribution is -0.144. The van der Waals surface area contributed by atoms with Gasteiger partial charge in [-0.3, -0.25) is 0 Å². The number of esters is 2. The molecule has 0 amide bonds. The third-order valence-electron chi connectivity index (χ3n) is 4.93. The van der Waals surface area contributed by atoms with Crippen molar-refractivity contribution in [1.29, 1.82) is 0 Å². The van der Waals surface area contributed by atoms with E-state index in [9.17, 15) is 9.59 Å². The summed E-state index contributed by atoms with van der Waals surface area (Å²) in [4.78, 5) is 25.8. The van der Waals surface area contributed by atoms with E-state index in [2.05, 4.69) is 13.2 Å². The zero-order valence-corrected chi connectivity index (χ0v) is 22.5. The quantitative estimate of drug-likeness (QED) is 0.118. The summed E-state index contributed by atoms with van der Waals surface area (Å²) in [6.07, 6.45) is 1.32. The Morgan fingerprint density at radius 1 is 0.658 bits per heavy atom. The van der Waals surface area contributed by atoms with Gasteiger partial charge in [0.05, 0.1) is 0 Å². The summed E-state index contributed by atoms with van der Waals surface area (Å²) in [6, 6.07) is 26.9. The van der Waals surface area contributed by atoms with E-state index < -0.39 is 24.1 Å². The number of carbonyl (C=O) groups excluding carboxylic acids is 2. The summed E-state index contributed by atoms with van der Waals surface area (Å²) < 4.78 is 22.8. The molecule has 0 aliphatic heterocycles. The molecule has 0 aliphatic rings. The normalized spacial score (nSPS) is 12.0. The molecular weight excluding hydrogens is 520 g/mol. The molecule has 198 valence electrons. The van der Waals surface area contributed by atoms with E-state index in [4.69, 9.17) is 18.9 Å². The molecule has 0 saturated heterocycles. The van der Waals surface area contributed by atoms with Crippen molar-refractivity contribution in [3.63, 3.8) is 0 Å². The average molecular weight is 551 g/mol. The van der Waals surface area contributed by atoms with Crippen LogP contribution in [0.1, 0.15) is 0 Å². The van der Waals surface area contributed by atoms with Gasteiger partial charge in [-0.2, -0.15) is 0 Å². The van der Waals surface area contributed by atoms with Gasteiger partial charge in [-0.1, -0.05) is 55.6 Å². The van der Waals surface area contributed by atoms with E-state index in [0.29, 0.717) is 23.0 Å². The Labute approximate surface area is 232 Å². The van der Waals surface area contributed by atoms with Crippen molar-refractivity contribution in [3.05, 3.63) is 110 Å². The number of hydrogen-bond donors (Lipinski definition) is 0. The van der Waals surface area contributed by atoms with Gasteiger partial charge in [0.25, 0.3) is 0 Å². The highest BCUT2D eigenvalue weighted by Crippen LogP contribution is 2.24. The Morgan fingerprint density at radius 2 is 1.08 bits per heavy atom. The summed E-state index contributed by atoms with van der Waals surface area (Å²) in [7, 11) is 0. The Kier molecular flexibility index (Phi) is 12.4. The maximum atomic E-state index is 11.8. The Morgan fingerprint density at radius 3 is 1.47 bits per heavy atom. The van der Waals surface area contributed by atoms with Gasteiger partial charge >= 0.3 is 11.9 Å². The summed E-state index contributed by atoms with van der Waals surface area (Å²) in [5.74, 6) is 1.16. The topological polar surface area (TPSA) is 71.1 Å². The molecule has 2 unspecified atom stereocenters. The van der Waals surface area contributed by atoms with Crippen molar-refractivity contribution in [1.82, 2.24) is 0 Å². The maximum Gasteiger partial charge on any atom is 0.330 e. The predicted molar refractivity (Wildman–Crippen MR) is 152 cm³/mol. The second-order valence-corrected chi connectivity index (χ2v) is 10.1. The Balaban J connectivity index is 1.56. The molecule has 8 heteroatoms. The average Bonchev–Trinajstić information content (AvgIpc) is 2.96. The number of hydrogen-bond acceptors (Lipinski definition) is 8. The highest BCUT2D eigenvalue weighted by molar-refractivity contribution is 7.99.